The van der Waals surface area contributed by atoms with Crippen molar-refractivity contribution in [2.24, 2.45) is 5.41 Å². The fourth-order valence-corrected chi connectivity index (χ4v) is 1.37. The minimum Gasteiger partial charge on any atom is -0.469 e. The molecule has 1 aliphatic carbocycles. The van der Waals surface area contributed by atoms with Crippen LogP contribution >= 0.6 is 0 Å². The van der Waals surface area contributed by atoms with Crippen molar-refractivity contribution in [1.82, 2.24) is 0 Å². The van der Waals surface area contributed by atoms with Gasteiger partial charge in [0.05, 0.1) is 24.2 Å². The SMILES string of the molecule is COC(=O)[C@@]1(C)C[C@H]1OC(C)(C)C. The summed E-state index contributed by atoms with van der Waals surface area (Å²) in [7, 11) is 1.42. The molecule has 0 saturated heterocycles. The highest BCUT2D eigenvalue weighted by Crippen LogP contribution is 2.50. The molecule has 76 valence electrons. The molecule has 1 fully saturated rings. The second-order valence-electron chi connectivity index (χ2n) is 4.83. The summed E-state index contributed by atoms with van der Waals surface area (Å²) in [6, 6.07) is 0. The third-order valence-corrected chi connectivity index (χ3v) is 2.31. The molecule has 0 aliphatic heterocycles. The van der Waals surface area contributed by atoms with Crippen LogP contribution in [0, 0.1) is 5.41 Å². The molecule has 1 aliphatic rings. The van der Waals surface area contributed by atoms with Crippen molar-refractivity contribution in [3.63, 3.8) is 0 Å². The third-order valence-electron chi connectivity index (χ3n) is 2.31. The van der Waals surface area contributed by atoms with Crippen LogP contribution in [0.15, 0.2) is 0 Å². The van der Waals surface area contributed by atoms with E-state index in [0.29, 0.717) is 0 Å². The summed E-state index contributed by atoms with van der Waals surface area (Å²) in [5.74, 6) is -0.165. The predicted octanol–water partition coefficient (Wildman–Crippen LogP) is 1.75. The molecule has 0 aromatic heterocycles. The topological polar surface area (TPSA) is 35.5 Å². The highest BCUT2D eigenvalue weighted by molar-refractivity contribution is 5.80. The molecular formula is C10H18O3. The van der Waals surface area contributed by atoms with E-state index in [1.54, 1.807) is 0 Å². The van der Waals surface area contributed by atoms with Crippen LogP contribution in [0.25, 0.3) is 0 Å². The van der Waals surface area contributed by atoms with Crippen LogP contribution in [0.5, 0.6) is 0 Å². The Labute approximate surface area is 79.4 Å². The average molecular weight is 186 g/mol. The smallest absolute Gasteiger partial charge is 0.314 e. The van der Waals surface area contributed by atoms with Gasteiger partial charge >= 0.3 is 5.97 Å². The Morgan fingerprint density at radius 2 is 2.00 bits per heavy atom. The van der Waals surface area contributed by atoms with E-state index in [1.807, 2.05) is 27.7 Å². The van der Waals surface area contributed by atoms with Crippen molar-refractivity contribution >= 4 is 5.97 Å². The van der Waals surface area contributed by atoms with Crippen LogP contribution in [0.2, 0.25) is 0 Å². The Morgan fingerprint density at radius 1 is 1.46 bits per heavy atom. The van der Waals surface area contributed by atoms with E-state index in [4.69, 9.17) is 9.47 Å². The van der Waals surface area contributed by atoms with Gasteiger partial charge in [-0.2, -0.15) is 0 Å². The van der Waals surface area contributed by atoms with E-state index in [1.165, 1.54) is 7.11 Å². The van der Waals surface area contributed by atoms with Crippen molar-refractivity contribution in [2.75, 3.05) is 7.11 Å². The lowest BCUT2D eigenvalue weighted by Gasteiger charge is -2.21. The number of methoxy groups -OCH3 is 1. The summed E-state index contributed by atoms with van der Waals surface area (Å²) >= 11 is 0. The Hall–Kier alpha value is -0.570. The van der Waals surface area contributed by atoms with E-state index in [2.05, 4.69) is 0 Å². The van der Waals surface area contributed by atoms with Crippen LogP contribution in [-0.2, 0) is 14.3 Å². The molecule has 0 radical (unpaired) electrons. The minimum atomic E-state index is -0.401. The van der Waals surface area contributed by atoms with E-state index < -0.39 is 5.41 Å². The standard InChI is InChI=1S/C10H18O3/c1-9(2,3)13-7-6-10(7,4)8(11)12-5/h7H,6H2,1-5H3/t7-,10+/m1/s1. The van der Waals surface area contributed by atoms with E-state index in [0.717, 1.165) is 6.42 Å². The fourth-order valence-electron chi connectivity index (χ4n) is 1.37. The number of carbonyl (C=O) groups is 1. The summed E-state index contributed by atoms with van der Waals surface area (Å²) in [6.07, 6.45) is 0.802. The first-order chi connectivity index (χ1) is 5.79. The molecule has 0 aromatic carbocycles. The molecule has 3 heteroatoms. The van der Waals surface area contributed by atoms with Crippen LogP contribution in [0.1, 0.15) is 34.1 Å². The molecule has 13 heavy (non-hydrogen) atoms. The molecule has 0 aromatic rings. The van der Waals surface area contributed by atoms with Crippen molar-refractivity contribution in [2.45, 2.75) is 45.8 Å². The quantitative estimate of drug-likeness (QED) is 0.616. The highest BCUT2D eigenvalue weighted by atomic mass is 16.5. The van der Waals surface area contributed by atoms with Gasteiger partial charge in [-0.25, -0.2) is 0 Å². The molecule has 2 atom stereocenters. The molecule has 1 rings (SSSR count). The second-order valence-corrected chi connectivity index (χ2v) is 4.83. The maximum absolute atomic E-state index is 11.3. The van der Waals surface area contributed by atoms with Gasteiger partial charge in [-0.1, -0.05) is 0 Å². The number of esters is 1. The lowest BCUT2D eigenvalue weighted by Crippen LogP contribution is -2.26. The molecular weight excluding hydrogens is 168 g/mol. The number of ether oxygens (including phenoxy) is 2. The van der Waals surface area contributed by atoms with Gasteiger partial charge in [0, 0.05) is 0 Å². The average Bonchev–Trinajstić information content (AvgIpc) is 2.58. The second kappa shape index (κ2) is 2.98. The molecule has 3 nitrogen and oxygen atoms in total. The largest absolute Gasteiger partial charge is 0.469 e. The van der Waals surface area contributed by atoms with Gasteiger partial charge in [-0.15, -0.1) is 0 Å². The van der Waals surface area contributed by atoms with Gasteiger partial charge in [0.15, 0.2) is 0 Å². The first-order valence-electron chi connectivity index (χ1n) is 4.56. The lowest BCUT2D eigenvalue weighted by atomic mass is 10.1. The maximum atomic E-state index is 11.3. The Morgan fingerprint density at radius 3 is 2.38 bits per heavy atom. The van der Waals surface area contributed by atoms with Crippen LogP contribution < -0.4 is 0 Å². The van der Waals surface area contributed by atoms with Crippen LogP contribution in [-0.4, -0.2) is 24.8 Å². The molecule has 0 heterocycles. The van der Waals surface area contributed by atoms with Crippen molar-refractivity contribution < 1.29 is 14.3 Å². The van der Waals surface area contributed by atoms with Gasteiger partial charge in [0.1, 0.15) is 0 Å². The highest BCUT2D eigenvalue weighted by Gasteiger charge is 2.59. The van der Waals surface area contributed by atoms with Gasteiger partial charge < -0.3 is 9.47 Å². The number of hydrogen-bond acceptors (Lipinski definition) is 3. The molecule has 0 N–H and O–H groups in total. The summed E-state index contributed by atoms with van der Waals surface area (Å²) in [6.45, 7) is 7.85. The van der Waals surface area contributed by atoms with Gasteiger partial charge in [-0.05, 0) is 34.1 Å². The zero-order chi connectivity index (χ0) is 10.3. The first kappa shape index (κ1) is 10.5. The normalized spacial score (nSPS) is 32.8. The maximum Gasteiger partial charge on any atom is 0.314 e. The van der Waals surface area contributed by atoms with E-state index >= 15 is 0 Å². The Balaban J connectivity index is 2.49. The summed E-state index contributed by atoms with van der Waals surface area (Å²) in [4.78, 5) is 11.3. The monoisotopic (exact) mass is 186 g/mol. The molecule has 0 bridgehead atoms. The summed E-state index contributed by atoms with van der Waals surface area (Å²) in [5, 5.41) is 0. The van der Waals surface area contributed by atoms with Crippen molar-refractivity contribution in [1.29, 1.82) is 0 Å². The predicted molar refractivity (Wildman–Crippen MR) is 49.4 cm³/mol. The Bertz CT molecular complexity index is 217. The summed E-state index contributed by atoms with van der Waals surface area (Å²) in [5.41, 5.74) is -0.585. The first-order valence-corrected chi connectivity index (χ1v) is 4.56. The molecule has 1 saturated carbocycles. The molecule has 0 spiro atoms. The van der Waals surface area contributed by atoms with E-state index in [-0.39, 0.29) is 17.7 Å². The van der Waals surface area contributed by atoms with Crippen molar-refractivity contribution in [3.05, 3.63) is 0 Å². The molecule has 0 unspecified atom stereocenters. The number of rotatable bonds is 2. The van der Waals surface area contributed by atoms with Crippen LogP contribution in [0.3, 0.4) is 0 Å². The number of hydrogen-bond donors (Lipinski definition) is 0. The third kappa shape index (κ3) is 2.21. The van der Waals surface area contributed by atoms with Crippen molar-refractivity contribution in [3.8, 4) is 0 Å². The summed E-state index contributed by atoms with van der Waals surface area (Å²) < 4.78 is 10.4. The number of carbonyl (C=O) groups excluding carboxylic acids is 1. The van der Waals surface area contributed by atoms with Gasteiger partial charge in [-0.3, -0.25) is 4.79 Å². The lowest BCUT2D eigenvalue weighted by molar-refractivity contribution is -0.149. The van der Waals surface area contributed by atoms with E-state index in [9.17, 15) is 4.79 Å². The fraction of sp³-hybridized carbons (Fsp3) is 0.900. The molecule has 0 amide bonds. The minimum absolute atomic E-state index is 0.0277. The zero-order valence-corrected chi connectivity index (χ0v) is 9.01. The Kier molecular flexibility index (Phi) is 2.41. The van der Waals surface area contributed by atoms with Gasteiger partial charge in [0.25, 0.3) is 0 Å². The zero-order valence-electron chi connectivity index (χ0n) is 9.01. The van der Waals surface area contributed by atoms with Crippen LogP contribution in [0.4, 0.5) is 0 Å². The van der Waals surface area contributed by atoms with Gasteiger partial charge in [0.2, 0.25) is 0 Å².